The van der Waals surface area contributed by atoms with Crippen molar-refractivity contribution < 1.29 is 17.7 Å². The van der Waals surface area contributed by atoms with Crippen LogP contribution in [0.4, 0.5) is 0 Å². The average molecular weight is 276 g/mol. The minimum atomic E-state index is -3.34. The Kier molecular flexibility index (Phi) is 4.89. The molecule has 1 rings (SSSR count). The lowest BCUT2D eigenvalue weighted by atomic mass is 10.2. The molecule has 0 amide bonds. The van der Waals surface area contributed by atoms with Gasteiger partial charge in [-0.3, -0.25) is 0 Å². The summed E-state index contributed by atoms with van der Waals surface area (Å²) in [6.45, 7) is 5.55. The molecule has 7 heteroatoms. The first-order valence-corrected chi connectivity index (χ1v) is 7.27. The maximum absolute atomic E-state index is 12.0. The van der Waals surface area contributed by atoms with Crippen LogP contribution in [0.3, 0.4) is 0 Å². The van der Waals surface area contributed by atoms with Crippen molar-refractivity contribution in [2.45, 2.75) is 33.4 Å². The van der Waals surface area contributed by atoms with E-state index < -0.39 is 10.0 Å². The zero-order valence-electron chi connectivity index (χ0n) is 11.4. The summed E-state index contributed by atoms with van der Waals surface area (Å²) in [6, 6.07) is 0. The molecule has 1 heterocycles. The predicted molar refractivity (Wildman–Crippen MR) is 67.7 cm³/mol. The summed E-state index contributed by atoms with van der Waals surface area (Å²) >= 11 is 0. The Hall–Kier alpha value is -0.920. The van der Waals surface area contributed by atoms with Gasteiger partial charge in [0, 0.05) is 26.3 Å². The first-order chi connectivity index (χ1) is 8.27. The molecule has 0 aromatic carbocycles. The van der Waals surface area contributed by atoms with Crippen LogP contribution in [0.15, 0.2) is 4.52 Å². The van der Waals surface area contributed by atoms with Gasteiger partial charge in [0.2, 0.25) is 10.0 Å². The highest BCUT2D eigenvalue weighted by molar-refractivity contribution is 7.89. The lowest BCUT2D eigenvalue weighted by molar-refractivity contribution is 0.135. The standard InChI is InChI=1S/C11H20N2O4S/c1-8(16-5)7-18(14,15)13(4)6-11-9(2)12-17-10(11)3/h8H,6-7H2,1-5H3/t8-/m0/s1. The second-order valence-corrected chi connectivity index (χ2v) is 6.50. The van der Waals surface area contributed by atoms with Gasteiger partial charge in [0.25, 0.3) is 0 Å². The SMILES string of the molecule is CO[C@@H](C)CS(=O)(=O)N(C)Cc1c(C)noc1C. The number of methoxy groups -OCH3 is 1. The Labute approximate surface area is 108 Å². The van der Waals surface area contributed by atoms with Crippen molar-refractivity contribution in [1.29, 1.82) is 0 Å². The Morgan fingerprint density at radius 3 is 2.50 bits per heavy atom. The molecule has 0 aliphatic rings. The fraction of sp³-hybridized carbons (Fsp3) is 0.727. The molecule has 0 saturated heterocycles. The normalized spacial score (nSPS) is 14.1. The van der Waals surface area contributed by atoms with Crippen molar-refractivity contribution in [3.63, 3.8) is 0 Å². The number of rotatable bonds is 6. The summed E-state index contributed by atoms with van der Waals surface area (Å²) in [4.78, 5) is 0. The number of hydrogen-bond donors (Lipinski definition) is 0. The van der Waals surface area contributed by atoms with Crippen LogP contribution in [0.5, 0.6) is 0 Å². The zero-order chi connectivity index (χ0) is 13.9. The van der Waals surface area contributed by atoms with Crippen molar-refractivity contribution in [1.82, 2.24) is 9.46 Å². The lowest BCUT2D eigenvalue weighted by Crippen LogP contribution is -2.33. The van der Waals surface area contributed by atoms with E-state index in [1.807, 2.05) is 0 Å². The second-order valence-electron chi connectivity index (χ2n) is 4.38. The van der Waals surface area contributed by atoms with E-state index in [4.69, 9.17) is 9.26 Å². The third-order valence-corrected chi connectivity index (χ3v) is 4.85. The molecule has 0 N–H and O–H groups in total. The van der Waals surface area contributed by atoms with Crippen molar-refractivity contribution >= 4 is 10.0 Å². The Morgan fingerprint density at radius 2 is 2.06 bits per heavy atom. The van der Waals surface area contributed by atoms with E-state index in [9.17, 15) is 8.42 Å². The molecular formula is C11H20N2O4S. The molecule has 0 saturated carbocycles. The molecular weight excluding hydrogens is 256 g/mol. The van der Waals surface area contributed by atoms with Crippen LogP contribution in [0.25, 0.3) is 0 Å². The van der Waals surface area contributed by atoms with Gasteiger partial charge in [-0.1, -0.05) is 5.16 Å². The quantitative estimate of drug-likeness (QED) is 0.777. The van der Waals surface area contributed by atoms with E-state index in [0.717, 1.165) is 5.56 Å². The molecule has 1 atom stereocenters. The number of aryl methyl sites for hydroxylation is 2. The highest BCUT2D eigenvalue weighted by atomic mass is 32.2. The third kappa shape index (κ3) is 3.54. The summed E-state index contributed by atoms with van der Waals surface area (Å²) in [5.41, 5.74) is 1.53. The molecule has 0 aliphatic heterocycles. The summed E-state index contributed by atoms with van der Waals surface area (Å²) in [6.07, 6.45) is -0.331. The van der Waals surface area contributed by atoms with Crippen molar-refractivity contribution in [2.24, 2.45) is 0 Å². The van der Waals surface area contributed by atoms with Crippen LogP contribution >= 0.6 is 0 Å². The molecule has 1 aromatic rings. The van der Waals surface area contributed by atoms with Crippen LogP contribution in [0.2, 0.25) is 0 Å². The van der Waals surface area contributed by atoms with E-state index in [0.29, 0.717) is 11.5 Å². The molecule has 6 nitrogen and oxygen atoms in total. The van der Waals surface area contributed by atoms with E-state index in [2.05, 4.69) is 5.16 Å². The highest BCUT2D eigenvalue weighted by Crippen LogP contribution is 2.16. The largest absolute Gasteiger partial charge is 0.381 e. The van der Waals surface area contributed by atoms with Gasteiger partial charge in [-0.25, -0.2) is 12.7 Å². The highest BCUT2D eigenvalue weighted by Gasteiger charge is 2.23. The van der Waals surface area contributed by atoms with Gasteiger partial charge in [-0.15, -0.1) is 0 Å². The minimum Gasteiger partial charge on any atom is -0.381 e. The molecule has 0 fully saturated rings. The molecule has 0 unspecified atom stereocenters. The Balaban J connectivity index is 2.79. The summed E-state index contributed by atoms with van der Waals surface area (Å²) in [7, 11) is -0.303. The fourth-order valence-corrected chi connectivity index (χ4v) is 2.85. The molecule has 104 valence electrons. The van der Waals surface area contributed by atoms with E-state index in [-0.39, 0.29) is 18.4 Å². The summed E-state index contributed by atoms with van der Waals surface area (Å²) in [5, 5.41) is 3.81. The Bertz CT molecular complexity index is 476. The fourth-order valence-electron chi connectivity index (χ4n) is 1.54. The predicted octanol–water partition coefficient (Wildman–Crippen LogP) is 1.09. The number of sulfonamides is 1. The van der Waals surface area contributed by atoms with Gasteiger partial charge in [0.1, 0.15) is 5.76 Å². The summed E-state index contributed by atoms with van der Waals surface area (Å²) in [5.74, 6) is 0.609. The maximum atomic E-state index is 12.0. The molecule has 0 radical (unpaired) electrons. The van der Waals surface area contributed by atoms with Crippen LogP contribution < -0.4 is 0 Å². The van der Waals surface area contributed by atoms with Gasteiger partial charge in [-0.05, 0) is 20.8 Å². The second kappa shape index (κ2) is 5.81. The number of aromatic nitrogens is 1. The molecule has 18 heavy (non-hydrogen) atoms. The van der Waals surface area contributed by atoms with E-state index in [1.165, 1.54) is 11.4 Å². The smallest absolute Gasteiger partial charge is 0.216 e. The monoisotopic (exact) mass is 276 g/mol. The van der Waals surface area contributed by atoms with E-state index >= 15 is 0 Å². The Morgan fingerprint density at radius 1 is 1.44 bits per heavy atom. The number of nitrogens with zero attached hydrogens (tertiary/aromatic N) is 2. The van der Waals surface area contributed by atoms with Gasteiger partial charge < -0.3 is 9.26 Å². The zero-order valence-corrected chi connectivity index (χ0v) is 12.2. The minimum absolute atomic E-state index is 0.0383. The molecule has 1 aromatic heterocycles. The van der Waals surface area contributed by atoms with Gasteiger partial charge in [-0.2, -0.15) is 0 Å². The first kappa shape index (κ1) is 15.1. The number of hydrogen-bond acceptors (Lipinski definition) is 5. The topological polar surface area (TPSA) is 72.6 Å². The third-order valence-electron chi connectivity index (χ3n) is 2.88. The van der Waals surface area contributed by atoms with Crippen LogP contribution in [-0.2, 0) is 21.3 Å². The molecule has 0 aliphatic carbocycles. The van der Waals surface area contributed by atoms with Crippen LogP contribution in [0, 0.1) is 13.8 Å². The molecule has 0 spiro atoms. The van der Waals surface area contributed by atoms with E-state index in [1.54, 1.807) is 27.8 Å². The average Bonchev–Trinajstić information content (AvgIpc) is 2.60. The molecule has 0 bridgehead atoms. The van der Waals surface area contributed by atoms with Crippen LogP contribution in [0.1, 0.15) is 23.9 Å². The van der Waals surface area contributed by atoms with Crippen LogP contribution in [-0.4, -0.2) is 43.9 Å². The number of ether oxygens (including phenoxy) is 1. The van der Waals surface area contributed by atoms with Crippen molar-refractivity contribution in [3.05, 3.63) is 17.0 Å². The maximum Gasteiger partial charge on any atom is 0.216 e. The first-order valence-electron chi connectivity index (χ1n) is 5.66. The summed E-state index contributed by atoms with van der Waals surface area (Å²) < 4.78 is 35.4. The van der Waals surface area contributed by atoms with Crippen molar-refractivity contribution in [3.8, 4) is 0 Å². The van der Waals surface area contributed by atoms with Gasteiger partial charge >= 0.3 is 0 Å². The van der Waals surface area contributed by atoms with Crippen molar-refractivity contribution in [2.75, 3.05) is 19.9 Å². The van der Waals surface area contributed by atoms with Gasteiger partial charge in [0.05, 0.1) is 17.6 Å². The van der Waals surface area contributed by atoms with Gasteiger partial charge in [0.15, 0.2) is 0 Å². The lowest BCUT2D eigenvalue weighted by Gasteiger charge is -2.19.